The molecular formula is C18H26F2N4O2. The number of hydrogen-bond donors (Lipinski definition) is 4. The van der Waals surface area contributed by atoms with Crippen LogP contribution in [0.15, 0.2) is 18.2 Å². The molecule has 3 rings (SSSR count). The van der Waals surface area contributed by atoms with Crippen molar-refractivity contribution in [2.24, 2.45) is 0 Å². The van der Waals surface area contributed by atoms with Crippen molar-refractivity contribution >= 4 is 5.91 Å². The summed E-state index contributed by atoms with van der Waals surface area (Å²) in [5, 5.41) is 13.9. The lowest BCUT2D eigenvalue weighted by molar-refractivity contribution is -0.157. The van der Waals surface area contributed by atoms with Crippen LogP contribution in [0, 0.1) is 11.6 Å². The van der Waals surface area contributed by atoms with Crippen LogP contribution in [0.5, 0.6) is 0 Å². The van der Waals surface area contributed by atoms with Crippen LogP contribution < -0.4 is 16.2 Å². The molecule has 6 nitrogen and oxygen atoms in total. The van der Waals surface area contributed by atoms with Gasteiger partial charge in [-0.2, -0.15) is 0 Å². The average molecular weight is 368 g/mol. The minimum absolute atomic E-state index is 0.0453. The first kappa shape index (κ1) is 19.2. The fourth-order valence-electron chi connectivity index (χ4n) is 3.65. The Hall–Kier alpha value is -1.61. The highest BCUT2D eigenvalue weighted by molar-refractivity contribution is 5.86. The summed E-state index contributed by atoms with van der Waals surface area (Å²) in [7, 11) is 0. The van der Waals surface area contributed by atoms with Gasteiger partial charge in [0.25, 0.3) is 5.91 Å². The Morgan fingerprint density at radius 3 is 2.92 bits per heavy atom. The second kappa shape index (κ2) is 7.96. The molecule has 2 heterocycles. The zero-order valence-corrected chi connectivity index (χ0v) is 14.9. The summed E-state index contributed by atoms with van der Waals surface area (Å²) in [6.45, 7) is 3.22. The van der Waals surface area contributed by atoms with E-state index < -0.39 is 23.1 Å². The van der Waals surface area contributed by atoms with Gasteiger partial charge in [0.05, 0.1) is 0 Å². The fourth-order valence-corrected chi connectivity index (χ4v) is 3.65. The minimum atomic E-state index is -1.51. The molecule has 1 aromatic rings. The minimum Gasteiger partial charge on any atom is -0.379 e. The molecule has 1 aromatic carbocycles. The van der Waals surface area contributed by atoms with Gasteiger partial charge in [-0.15, -0.1) is 0 Å². The van der Waals surface area contributed by atoms with E-state index in [2.05, 4.69) is 23.1 Å². The second-order valence-corrected chi connectivity index (χ2v) is 7.33. The summed E-state index contributed by atoms with van der Waals surface area (Å²) >= 11 is 0. The van der Waals surface area contributed by atoms with E-state index in [0.717, 1.165) is 12.5 Å². The molecule has 2 fully saturated rings. The lowest BCUT2D eigenvalue weighted by atomic mass is 9.91. The van der Waals surface area contributed by atoms with Gasteiger partial charge in [0, 0.05) is 43.8 Å². The van der Waals surface area contributed by atoms with Crippen LogP contribution in [-0.4, -0.2) is 53.2 Å². The van der Waals surface area contributed by atoms with Crippen molar-refractivity contribution in [2.45, 2.75) is 50.4 Å². The Bertz CT molecular complexity index is 660. The molecule has 2 aliphatic heterocycles. The predicted molar refractivity (Wildman–Crippen MR) is 93.0 cm³/mol. The number of amides is 1. The molecule has 0 aromatic heterocycles. The smallest absolute Gasteiger partial charge is 0.256 e. The maximum atomic E-state index is 13.9. The Balaban J connectivity index is 1.58. The largest absolute Gasteiger partial charge is 0.379 e. The fraction of sp³-hybridized carbons (Fsp3) is 0.611. The Labute approximate surface area is 151 Å². The third-order valence-corrected chi connectivity index (χ3v) is 5.08. The van der Waals surface area contributed by atoms with Crippen molar-refractivity contribution in [3.05, 3.63) is 35.4 Å². The van der Waals surface area contributed by atoms with E-state index in [0.29, 0.717) is 32.0 Å². The zero-order valence-electron chi connectivity index (χ0n) is 14.9. The maximum absolute atomic E-state index is 13.9. The van der Waals surface area contributed by atoms with E-state index in [1.54, 1.807) is 0 Å². The van der Waals surface area contributed by atoms with E-state index in [-0.39, 0.29) is 24.7 Å². The number of hydrazine groups is 1. The van der Waals surface area contributed by atoms with Gasteiger partial charge in [0.1, 0.15) is 0 Å². The molecule has 26 heavy (non-hydrogen) atoms. The Morgan fingerprint density at radius 2 is 2.19 bits per heavy atom. The summed E-state index contributed by atoms with van der Waals surface area (Å²) in [6.07, 6.45) is 1.93. The predicted octanol–water partition coefficient (Wildman–Crippen LogP) is 0.663. The average Bonchev–Trinajstić information content (AvgIpc) is 3.01. The molecule has 0 bridgehead atoms. The molecule has 0 spiro atoms. The van der Waals surface area contributed by atoms with Crippen LogP contribution in [-0.2, 0) is 11.3 Å². The van der Waals surface area contributed by atoms with E-state index in [9.17, 15) is 18.7 Å². The molecule has 2 aliphatic rings. The standard InChI is InChI=1S/C18H26F2N4O2/c1-12-8-14(23-22-12)9-21-11-18(26)6-3-7-24(17(18)25)10-13-4-2-5-15(19)16(13)20/h2,4-5,12,14,21-23,26H,3,6-11H2,1H3. The van der Waals surface area contributed by atoms with Gasteiger partial charge in [0.2, 0.25) is 0 Å². The summed E-state index contributed by atoms with van der Waals surface area (Å²) in [5.41, 5.74) is 4.88. The van der Waals surface area contributed by atoms with Gasteiger partial charge in [0.15, 0.2) is 17.2 Å². The molecule has 4 N–H and O–H groups in total. The van der Waals surface area contributed by atoms with Crippen LogP contribution in [0.25, 0.3) is 0 Å². The van der Waals surface area contributed by atoms with Gasteiger partial charge in [-0.1, -0.05) is 12.1 Å². The number of halogens is 2. The first-order chi connectivity index (χ1) is 12.4. The summed E-state index contributed by atoms with van der Waals surface area (Å²) in [6, 6.07) is 4.55. The SMILES string of the molecule is CC1CC(CNCC2(O)CCCN(Cc3cccc(F)c3F)C2=O)NN1. The quantitative estimate of drug-likeness (QED) is 0.594. The molecule has 0 saturated carbocycles. The van der Waals surface area contributed by atoms with Crippen molar-refractivity contribution in [3.8, 4) is 0 Å². The van der Waals surface area contributed by atoms with Gasteiger partial charge >= 0.3 is 0 Å². The van der Waals surface area contributed by atoms with E-state index >= 15 is 0 Å². The number of piperidine rings is 1. The summed E-state index contributed by atoms with van der Waals surface area (Å²) in [5.74, 6) is -2.32. The van der Waals surface area contributed by atoms with Crippen molar-refractivity contribution in [3.63, 3.8) is 0 Å². The Morgan fingerprint density at radius 1 is 1.38 bits per heavy atom. The van der Waals surface area contributed by atoms with Crippen LogP contribution >= 0.6 is 0 Å². The van der Waals surface area contributed by atoms with Gasteiger partial charge in [-0.3, -0.25) is 15.6 Å². The maximum Gasteiger partial charge on any atom is 0.256 e. The van der Waals surface area contributed by atoms with E-state index in [4.69, 9.17) is 0 Å². The van der Waals surface area contributed by atoms with Gasteiger partial charge in [-0.25, -0.2) is 8.78 Å². The highest BCUT2D eigenvalue weighted by atomic mass is 19.2. The summed E-state index contributed by atoms with van der Waals surface area (Å²) < 4.78 is 27.3. The van der Waals surface area contributed by atoms with Crippen molar-refractivity contribution in [2.75, 3.05) is 19.6 Å². The number of rotatable bonds is 6. The molecule has 0 aliphatic carbocycles. The topological polar surface area (TPSA) is 76.6 Å². The van der Waals surface area contributed by atoms with E-state index in [1.807, 2.05) is 0 Å². The molecule has 144 valence electrons. The highest BCUT2D eigenvalue weighted by Gasteiger charge is 2.42. The van der Waals surface area contributed by atoms with Crippen molar-refractivity contribution in [1.82, 2.24) is 21.1 Å². The number of carbonyl (C=O) groups excluding carboxylic acids is 1. The summed E-state index contributed by atoms with van der Waals surface area (Å²) in [4.78, 5) is 14.1. The second-order valence-electron chi connectivity index (χ2n) is 7.33. The molecular weight excluding hydrogens is 342 g/mol. The van der Waals surface area contributed by atoms with Gasteiger partial charge < -0.3 is 15.3 Å². The normalized spacial score (nSPS) is 29.4. The van der Waals surface area contributed by atoms with Crippen LogP contribution in [0.2, 0.25) is 0 Å². The number of likely N-dealkylation sites (tertiary alicyclic amines) is 1. The molecule has 8 heteroatoms. The molecule has 3 atom stereocenters. The van der Waals surface area contributed by atoms with Crippen LogP contribution in [0.3, 0.4) is 0 Å². The number of nitrogens with zero attached hydrogens (tertiary/aromatic N) is 1. The number of hydrogen-bond acceptors (Lipinski definition) is 5. The van der Waals surface area contributed by atoms with Gasteiger partial charge in [-0.05, 0) is 32.3 Å². The molecule has 3 unspecified atom stereocenters. The first-order valence-electron chi connectivity index (χ1n) is 9.05. The number of aliphatic hydroxyl groups is 1. The number of carbonyl (C=O) groups is 1. The van der Waals surface area contributed by atoms with Crippen molar-refractivity contribution < 1.29 is 18.7 Å². The molecule has 2 saturated heterocycles. The van der Waals surface area contributed by atoms with E-state index in [1.165, 1.54) is 17.0 Å². The lowest BCUT2D eigenvalue weighted by Crippen LogP contribution is -2.58. The van der Waals surface area contributed by atoms with Crippen LogP contribution in [0.1, 0.15) is 31.7 Å². The molecule has 0 radical (unpaired) electrons. The third kappa shape index (κ3) is 4.20. The monoisotopic (exact) mass is 368 g/mol. The highest BCUT2D eigenvalue weighted by Crippen LogP contribution is 2.25. The number of nitrogens with one attached hydrogen (secondary N) is 3. The number of benzene rings is 1. The Kier molecular flexibility index (Phi) is 5.86. The molecule has 1 amide bonds. The lowest BCUT2D eigenvalue weighted by Gasteiger charge is -2.38. The van der Waals surface area contributed by atoms with Crippen molar-refractivity contribution in [1.29, 1.82) is 0 Å². The zero-order chi connectivity index (χ0) is 18.7. The van der Waals surface area contributed by atoms with Crippen LogP contribution in [0.4, 0.5) is 8.78 Å². The first-order valence-corrected chi connectivity index (χ1v) is 9.05. The third-order valence-electron chi connectivity index (χ3n) is 5.08.